The molecule has 0 spiro atoms. The van der Waals surface area contributed by atoms with Crippen LogP contribution in [0.3, 0.4) is 0 Å². The van der Waals surface area contributed by atoms with E-state index < -0.39 is 43.6 Å². The molecule has 0 atom stereocenters. The lowest BCUT2D eigenvalue weighted by Gasteiger charge is -2.14. The van der Waals surface area contributed by atoms with Gasteiger partial charge in [-0.1, -0.05) is 17.7 Å². The summed E-state index contributed by atoms with van der Waals surface area (Å²) in [5.74, 6) is -0.369. The zero-order valence-electron chi connectivity index (χ0n) is 14.3. The van der Waals surface area contributed by atoms with Gasteiger partial charge in [-0.15, -0.1) is 0 Å². The maximum Gasteiger partial charge on any atom is 0.417 e. The second kappa shape index (κ2) is 7.47. The van der Waals surface area contributed by atoms with Crippen LogP contribution < -0.4 is 4.72 Å². The highest BCUT2D eigenvalue weighted by Gasteiger charge is 2.33. The molecule has 3 rings (SSSR count). The van der Waals surface area contributed by atoms with E-state index in [1.54, 1.807) is 0 Å². The number of nitrogens with zero attached hydrogens (tertiary/aromatic N) is 3. The Balaban J connectivity index is 1.99. The lowest BCUT2D eigenvalue weighted by Crippen LogP contribution is -2.18. The number of alkyl halides is 6. The third-order valence-corrected chi connectivity index (χ3v) is 5.33. The van der Waals surface area contributed by atoms with Crippen LogP contribution in [0.15, 0.2) is 54.1 Å². The van der Waals surface area contributed by atoms with Gasteiger partial charge in [0.05, 0.1) is 22.3 Å². The molecule has 0 saturated heterocycles. The molecule has 0 fully saturated rings. The summed E-state index contributed by atoms with van der Waals surface area (Å²) in [4.78, 5) is 7.16. The summed E-state index contributed by atoms with van der Waals surface area (Å²) in [6.07, 6.45) is -7.18. The van der Waals surface area contributed by atoms with Gasteiger partial charge in [0.25, 0.3) is 10.0 Å². The van der Waals surface area contributed by atoms with Crippen molar-refractivity contribution in [2.24, 2.45) is 0 Å². The first-order chi connectivity index (χ1) is 13.8. The molecule has 160 valence electrons. The number of sulfonamides is 1. The first-order valence-electron chi connectivity index (χ1n) is 7.74. The minimum Gasteiger partial charge on any atom is -0.278 e. The predicted molar refractivity (Wildman–Crippen MR) is 93.6 cm³/mol. The monoisotopic (exact) mass is 470 g/mol. The Bertz CT molecular complexity index is 1190. The number of rotatable bonds is 4. The average molecular weight is 471 g/mol. The summed E-state index contributed by atoms with van der Waals surface area (Å²) in [6.45, 7) is 0. The number of hydrogen-bond donors (Lipinski definition) is 1. The van der Waals surface area contributed by atoms with Crippen LogP contribution >= 0.6 is 11.6 Å². The number of hydrogen-bond acceptors (Lipinski definition) is 4. The summed E-state index contributed by atoms with van der Waals surface area (Å²) in [7, 11) is -4.50. The summed E-state index contributed by atoms with van der Waals surface area (Å²) in [5.41, 5.74) is -2.62. The van der Waals surface area contributed by atoms with Gasteiger partial charge >= 0.3 is 12.4 Å². The number of benzene rings is 1. The quantitative estimate of drug-likeness (QED) is 0.558. The van der Waals surface area contributed by atoms with E-state index in [0.29, 0.717) is 18.3 Å². The maximum atomic E-state index is 12.8. The number of pyridine rings is 1. The number of anilines is 1. The fourth-order valence-corrected chi connectivity index (χ4v) is 3.76. The van der Waals surface area contributed by atoms with E-state index in [0.717, 1.165) is 35.3 Å². The smallest absolute Gasteiger partial charge is 0.278 e. The second-order valence-corrected chi connectivity index (χ2v) is 7.85. The van der Waals surface area contributed by atoms with Gasteiger partial charge in [-0.25, -0.2) is 9.97 Å². The molecule has 2 aromatic heterocycles. The van der Waals surface area contributed by atoms with Gasteiger partial charge in [0.15, 0.2) is 10.8 Å². The molecule has 30 heavy (non-hydrogen) atoms. The second-order valence-electron chi connectivity index (χ2n) is 5.81. The fourth-order valence-electron chi connectivity index (χ4n) is 2.37. The first kappa shape index (κ1) is 21.9. The van der Waals surface area contributed by atoms with Crippen LogP contribution in [0, 0.1) is 0 Å². The van der Waals surface area contributed by atoms with Crippen molar-refractivity contribution in [3.05, 3.63) is 65.2 Å². The number of halogens is 7. The highest BCUT2D eigenvalue weighted by atomic mass is 35.5. The predicted octanol–water partition coefficient (Wildman–Crippen LogP) is 4.76. The minimum absolute atomic E-state index is 0.369. The zero-order chi connectivity index (χ0) is 22.3. The first-order valence-corrected chi connectivity index (χ1v) is 9.61. The van der Waals surface area contributed by atoms with Crippen molar-refractivity contribution in [3.8, 4) is 5.82 Å². The molecule has 0 aliphatic rings. The molecule has 0 bridgehead atoms. The fraction of sp³-hybridized carbons (Fsp3) is 0.125. The van der Waals surface area contributed by atoms with Crippen LogP contribution in [-0.2, 0) is 22.4 Å². The molecule has 14 heteroatoms. The van der Waals surface area contributed by atoms with E-state index in [4.69, 9.17) is 11.6 Å². The van der Waals surface area contributed by atoms with Crippen LogP contribution in [0.4, 0.5) is 32.0 Å². The lowest BCUT2D eigenvalue weighted by molar-refractivity contribution is -0.138. The molecule has 0 saturated carbocycles. The van der Waals surface area contributed by atoms with Crippen molar-refractivity contribution in [2.75, 3.05) is 4.72 Å². The van der Waals surface area contributed by atoms with Crippen molar-refractivity contribution in [1.29, 1.82) is 0 Å². The minimum atomic E-state index is -4.72. The van der Waals surface area contributed by atoms with Crippen molar-refractivity contribution in [2.45, 2.75) is 17.4 Å². The maximum absolute atomic E-state index is 12.8. The van der Waals surface area contributed by atoms with E-state index in [2.05, 4.69) is 9.97 Å². The summed E-state index contributed by atoms with van der Waals surface area (Å²) < 4.78 is 105. The molecule has 1 aromatic carbocycles. The summed E-state index contributed by atoms with van der Waals surface area (Å²) in [6, 6.07) is 4.00. The highest BCUT2D eigenvalue weighted by molar-refractivity contribution is 7.92. The number of nitrogens with one attached hydrogen (secondary N) is 1. The SMILES string of the molecule is O=S(=O)(Nc1cccc(C(F)(F)F)c1)c1cncn1-c1ncc(C(F)(F)F)cc1Cl. The van der Waals surface area contributed by atoms with Crippen molar-refractivity contribution < 1.29 is 34.8 Å². The van der Waals surface area contributed by atoms with Crippen LogP contribution in [0.5, 0.6) is 0 Å². The number of imidazole rings is 1. The highest BCUT2D eigenvalue weighted by Crippen LogP contribution is 2.33. The third-order valence-electron chi connectivity index (χ3n) is 3.70. The van der Waals surface area contributed by atoms with Crippen molar-refractivity contribution in [3.63, 3.8) is 0 Å². The van der Waals surface area contributed by atoms with Gasteiger partial charge in [-0.2, -0.15) is 34.8 Å². The molecule has 0 amide bonds. The van der Waals surface area contributed by atoms with Crippen LogP contribution in [0.25, 0.3) is 5.82 Å². The van der Waals surface area contributed by atoms with Crippen molar-refractivity contribution >= 4 is 27.3 Å². The van der Waals surface area contributed by atoms with Gasteiger partial charge in [0.2, 0.25) is 0 Å². The van der Waals surface area contributed by atoms with Gasteiger partial charge in [0, 0.05) is 11.9 Å². The Labute approximate surface area is 170 Å². The zero-order valence-corrected chi connectivity index (χ0v) is 15.9. The molecular weight excluding hydrogens is 462 g/mol. The Morgan fingerprint density at radius 1 is 0.967 bits per heavy atom. The molecule has 0 aliphatic heterocycles. The van der Waals surface area contributed by atoms with E-state index >= 15 is 0 Å². The Kier molecular flexibility index (Phi) is 5.45. The normalized spacial score (nSPS) is 12.8. The molecule has 6 nitrogen and oxygen atoms in total. The van der Waals surface area contributed by atoms with Gasteiger partial charge in [-0.3, -0.25) is 9.29 Å². The summed E-state index contributed by atoms with van der Waals surface area (Å²) in [5, 5.41) is -1.12. The van der Waals surface area contributed by atoms with E-state index in [9.17, 15) is 34.8 Å². The standard InChI is InChI=1S/C16H9ClF6N4O2S/c17-12-5-10(16(21,22)23)6-25-14(12)27-8-24-7-13(27)30(28,29)26-11-3-1-2-9(4-11)15(18,19)20/h1-8,26H. The molecule has 0 radical (unpaired) electrons. The third kappa shape index (κ3) is 4.51. The van der Waals surface area contributed by atoms with Crippen LogP contribution in [-0.4, -0.2) is 23.0 Å². The van der Waals surface area contributed by atoms with Crippen LogP contribution in [0.2, 0.25) is 5.02 Å². The van der Waals surface area contributed by atoms with E-state index in [-0.39, 0.29) is 11.5 Å². The molecule has 1 N–H and O–H groups in total. The van der Waals surface area contributed by atoms with E-state index in [1.165, 1.54) is 0 Å². The van der Waals surface area contributed by atoms with Gasteiger partial charge < -0.3 is 0 Å². The molecule has 0 aliphatic carbocycles. The molecular formula is C16H9ClF6N4O2S. The Hall–Kier alpha value is -2.80. The number of aromatic nitrogens is 3. The Morgan fingerprint density at radius 3 is 2.23 bits per heavy atom. The topological polar surface area (TPSA) is 76.9 Å². The molecule has 0 unspecified atom stereocenters. The van der Waals surface area contributed by atoms with Crippen molar-refractivity contribution in [1.82, 2.24) is 14.5 Å². The molecule has 2 heterocycles. The van der Waals surface area contributed by atoms with E-state index in [1.807, 2.05) is 4.72 Å². The lowest BCUT2D eigenvalue weighted by atomic mass is 10.2. The largest absolute Gasteiger partial charge is 0.417 e. The van der Waals surface area contributed by atoms with Gasteiger partial charge in [0.1, 0.15) is 6.33 Å². The average Bonchev–Trinajstić information content (AvgIpc) is 3.10. The molecule has 3 aromatic rings. The Morgan fingerprint density at radius 2 is 1.63 bits per heavy atom. The van der Waals surface area contributed by atoms with Crippen LogP contribution in [0.1, 0.15) is 11.1 Å². The summed E-state index contributed by atoms with van der Waals surface area (Å²) >= 11 is 5.83. The van der Waals surface area contributed by atoms with Gasteiger partial charge in [-0.05, 0) is 24.3 Å².